The molecule has 0 aliphatic carbocycles. The van der Waals surface area contributed by atoms with E-state index in [1.807, 2.05) is 36.4 Å². The maximum atomic E-state index is 4.14. The van der Waals surface area contributed by atoms with Gasteiger partial charge in [-0.1, -0.05) is 12.1 Å². The summed E-state index contributed by atoms with van der Waals surface area (Å²) in [4.78, 5) is 8.16. The fraction of sp³-hybridized carbons (Fsp3) is 0.0909. The largest absolute Gasteiger partial charge is 0.259 e. The second-order valence-electron chi connectivity index (χ2n) is 2.91. The Kier molecular flexibility index (Phi) is 3.12. The van der Waals surface area contributed by atoms with Gasteiger partial charge in [0.1, 0.15) is 6.54 Å². The molecule has 0 radical (unpaired) electrons. The molecule has 0 aliphatic heterocycles. The van der Waals surface area contributed by atoms with Crippen molar-refractivity contribution in [2.45, 2.75) is 6.54 Å². The van der Waals surface area contributed by atoms with Gasteiger partial charge in [-0.15, -0.1) is 5.11 Å². The number of rotatable bonds is 3. The van der Waals surface area contributed by atoms with Gasteiger partial charge in [0.05, 0.1) is 5.69 Å². The lowest BCUT2D eigenvalue weighted by atomic mass is 10.4. The SMILES string of the molecule is c1ccc(CN=Nc2ccccn2)nc1. The summed E-state index contributed by atoms with van der Waals surface area (Å²) in [6.07, 6.45) is 3.43. The van der Waals surface area contributed by atoms with Crippen LogP contribution >= 0.6 is 0 Å². The third-order valence-electron chi connectivity index (χ3n) is 1.78. The molecule has 4 nitrogen and oxygen atoms in total. The number of azo groups is 1. The Balaban J connectivity index is 1.97. The highest BCUT2D eigenvalue weighted by Gasteiger charge is 1.90. The van der Waals surface area contributed by atoms with Crippen LogP contribution < -0.4 is 0 Å². The summed E-state index contributed by atoms with van der Waals surface area (Å²) in [6.45, 7) is 0.484. The Labute approximate surface area is 87.7 Å². The fourth-order valence-corrected chi connectivity index (χ4v) is 1.08. The second kappa shape index (κ2) is 4.95. The first-order valence-corrected chi connectivity index (χ1v) is 4.63. The molecule has 0 aromatic carbocycles. The van der Waals surface area contributed by atoms with Crippen LogP contribution in [0.25, 0.3) is 0 Å². The molecule has 0 aliphatic rings. The minimum absolute atomic E-state index is 0.484. The molecule has 2 heterocycles. The van der Waals surface area contributed by atoms with Crippen molar-refractivity contribution < 1.29 is 0 Å². The summed E-state index contributed by atoms with van der Waals surface area (Å²) in [6, 6.07) is 11.2. The third-order valence-corrected chi connectivity index (χ3v) is 1.78. The van der Waals surface area contributed by atoms with Crippen molar-refractivity contribution in [2.24, 2.45) is 10.2 Å². The van der Waals surface area contributed by atoms with E-state index in [1.165, 1.54) is 0 Å². The second-order valence-corrected chi connectivity index (χ2v) is 2.91. The summed E-state index contributed by atoms with van der Waals surface area (Å²) in [5, 5.41) is 7.99. The summed E-state index contributed by atoms with van der Waals surface area (Å²) < 4.78 is 0. The summed E-state index contributed by atoms with van der Waals surface area (Å²) in [5.74, 6) is 0.619. The van der Waals surface area contributed by atoms with Gasteiger partial charge in [-0.2, -0.15) is 5.11 Å². The molecule has 0 amide bonds. The highest BCUT2D eigenvalue weighted by Crippen LogP contribution is 2.06. The molecule has 2 aromatic rings. The molecular weight excluding hydrogens is 188 g/mol. The molecule has 2 aromatic heterocycles. The first-order valence-electron chi connectivity index (χ1n) is 4.63. The van der Waals surface area contributed by atoms with Crippen LogP contribution in [0.4, 0.5) is 5.82 Å². The molecule has 0 saturated heterocycles. The monoisotopic (exact) mass is 198 g/mol. The smallest absolute Gasteiger partial charge is 0.173 e. The zero-order chi connectivity index (χ0) is 10.3. The predicted octanol–water partition coefficient (Wildman–Crippen LogP) is 2.76. The summed E-state index contributed by atoms with van der Waals surface area (Å²) in [7, 11) is 0. The van der Waals surface area contributed by atoms with Crippen molar-refractivity contribution in [3.8, 4) is 0 Å². The van der Waals surface area contributed by atoms with E-state index < -0.39 is 0 Å². The lowest BCUT2D eigenvalue weighted by Crippen LogP contribution is -1.83. The predicted molar refractivity (Wildman–Crippen MR) is 56.7 cm³/mol. The molecular formula is C11H10N4. The number of nitrogens with zero attached hydrogens (tertiary/aromatic N) is 4. The molecule has 0 unspecified atom stereocenters. The van der Waals surface area contributed by atoms with E-state index in [2.05, 4.69) is 20.2 Å². The van der Waals surface area contributed by atoms with Crippen LogP contribution in [0.2, 0.25) is 0 Å². The Morgan fingerprint density at radius 2 is 1.73 bits per heavy atom. The van der Waals surface area contributed by atoms with Gasteiger partial charge >= 0.3 is 0 Å². The lowest BCUT2D eigenvalue weighted by Gasteiger charge is -1.92. The minimum Gasteiger partial charge on any atom is -0.259 e. The normalized spacial score (nSPS) is 10.7. The minimum atomic E-state index is 0.484. The maximum Gasteiger partial charge on any atom is 0.173 e. The highest BCUT2D eigenvalue weighted by atomic mass is 15.1. The molecule has 0 bridgehead atoms. The van der Waals surface area contributed by atoms with Crippen LogP contribution in [-0.2, 0) is 6.54 Å². The zero-order valence-electron chi connectivity index (χ0n) is 8.11. The van der Waals surface area contributed by atoms with E-state index in [0.29, 0.717) is 12.4 Å². The van der Waals surface area contributed by atoms with Crippen molar-refractivity contribution in [1.82, 2.24) is 9.97 Å². The van der Waals surface area contributed by atoms with E-state index in [-0.39, 0.29) is 0 Å². The summed E-state index contributed by atoms with van der Waals surface area (Å²) in [5.41, 5.74) is 0.900. The van der Waals surface area contributed by atoms with E-state index >= 15 is 0 Å². The molecule has 74 valence electrons. The molecule has 0 saturated carbocycles. The first kappa shape index (κ1) is 9.45. The van der Waals surface area contributed by atoms with Gasteiger partial charge in [-0.05, 0) is 24.3 Å². The van der Waals surface area contributed by atoms with E-state index in [1.54, 1.807) is 12.4 Å². The van der Waals surface area contributed by atoms with Crippen molar-refractivity contribution in [2.75, 3.05) is 0 Å². The lowest BCUT2D eigenvalue weighted by molar-refractivity contribution is 0.906. The third kappa shape index (κ3) is 2.95. The van der Waals surface area contributed by atoms with E-state index in [9.17, 15) is 0 Å². The van der Waals surface area contributed by atoms with Gasteiger partial charge < -0.3 is 0 Å². The van der Waals surface area contributed by atoms with Gasteiger partial charge in [0.25, 0.3) is 0 Å². The quantitative estimate of drug-likeness (QED) is 0.712. The molecule has 0 fully saturated rings. The Morgan fingerprint density at radius 1 is 0.933 bits per heavy atom. The van der Waals surface area contributed by atoms with Crippen molar-refractivity contribution >= 4 is 5.82 Å². The number of hydrogen-bond donors (Lipinski definition) is 0. The average Bonchev–Trinajstić information content (AvgIpc) is 2.32. The van der Waals surface area contributed by atoms with E-state index in [4.69, 9.17) is 0 Å². The van der Waals surface area contributed by atoms with Crippen molar-refractivity contribution in [3.63, 3.8) is 0 Å². The van der Waals surface area contributed by atoms with Crippen LogP contribution in [-0.4, -0.2) is 9.97 Å². The van der Waals surface area contributed by atoms with Gasteiger partial charge in [-0.3, -0.25) is 4.98 Å². The first-order chi connectivity index (χ1) is 7.45. The average molecular weight is 198 g/mol. The molecule has 15 heavy (non-hydrogen) atoms. The number of pyridine rings is 2. The molecule has 4 heteroatoms. The van der Waals surface area contributed by atoms with Crippen LogP contribution in [0.3, 0.4) is 0 Å². The van der Waals surface area contributed by atoms with Gasteiger partial charge in [0.2, 0.25) is 0 Å². The van der Waals surface area contributed by atoms with Crippen LogP contribution in [0.15, 0.2) is 59.0 Å². The Bertz CT molecular complexity index is 425. The van der Waals surface area contributed by atoms with Crippen LogP contribution in [0.1, 0.15) is 5.69 Å². The van der Waals surface area contributed by atoms with Gasteiger partial charge in [-0.25, -0.2) is 4.98 Å². The summed E-state index contributed by atoms with van der Waals surface area (Å²) >= 11 is 0. The molecule has 0 atom stereocenters. The topological polar surface area (TPSA) is 50.5 Å². The Morgan fingerprint density at radius 3 is 2.40 bits per heavy atom. The highest BCUT2D eigenvalue weighted by molar-refractivity contribution is 5.23. The van der Waals surface area contributed by atoms with Gasteiger partial charge in [0, 0.05) is 12.4 Å². The van der Waals surface area contributed by atoms with Crippen molar-refractivity contribution in [1.29, 1.82) is 0 Å². The molecule has 2 rings (SSSR count). The fourth-order valence-electron chi connectivity index (χ4n) is 1.08. The van der Waals surface area contributed by atoms with Crippen molar-refractivity contribution in [3.05, 3.63) is 54.5 Å². The molecule has 0 spiro atoms. The zero-order valence-corrected chi connectivity index (χ0v) is 8.11. The Hall–Kier alpha value is -2.10. The maximum absolute atomic E-state index is 4.14. The number of hydrogen-bond acceptors (Lipinski definition) is 4. The number of aromatic nitrogens is 2. The van der Waals surface area contributed by atoms with Gasteiger partial charge in [0.15, 0.2) is 5.82 Å². The van der Waals surface area contributed by atoms with Crippen LogP contribution in [0, 0.1) is 0 Å². The molecule has 0 N–H and O–H groups in total. The van der Waals surface area contributed by atoms with Crippen LogP contribution in [0.5, 0.6) is 0 Å². The standard InChI is InChI=1S/C11H10N4/c1-3-7-12-10(5-1)9-14-15-11-6-2-4-8-13-11/h1-8H,9H2. The van der Waals surface area contributed by atoms with E-state index in [0.717, 1.165) is 5.69 Å².